The first-order chi connectivity index (χ1) is 9.22. The smallest absolute Gasteiger partial charge is 0.255 e. The number of carbonyl (C=O) groups is 1. The Hall–Kier alpha value is -1.51. The van der Waals surface area contributed by atoms with Crippen LogP contribution in [0.15, 0.2) is 18.5 Å². The molecule has 2 heterocycles. The van der Waals surface area contributed by atoms with E-state index < -0.39 is 0 Å². The zero-order valence-corrected chi connectivity index (χ0v) is 11.7. The van der Waals surface area contributed by atoms with E-state index in [1.807, 2.05) is 16.7 Å². The summed E-state index contributed by atoms with van der Waals surface area (Å²) >= 11 is 1.89. The molecule has 0 aliphatic carbocycles. The van der Waals surface area contributed by atoms with Crippen molar-refractivity contribution in [2.45, 2.75) is 13.0 Å². The molecule has 1 aliphatic heterocycles. The molecule has 0 saturated carbocycles. The number of nitrogens with zero attached hydrogens (tertiary/aromatic N) is 2. The summed E-state index contributed by atoms with van der Waals surface area (Å²) in [6.07, 6.45) is 3.25. The Balaban J connectivity index is 2.18. The minimum atomic E-state index is 0.0386. The summed E-state index contributed by atoms with van der Waals surface area (Å²) in [4.78, 5) is 18.4. The number of amides is 1. The first-order valence-electron chi connectivity index (χ1n) is 6.25. The van der Waals surface area contributed by atoms with Crippen LogP contribution in [0.2, 0.25) is 0 Å². The fraction of sp³-hybridized carbons (Fsp3) is 0.429. The molecule has 1 unspecified atom stereocenters. The molecule has 100 valence electrons. The topological polar surface area (TPSA) is 59.2 Å². The van der Waals surface area contributed by atoms with Crippen molar-refractivity contribution >= 4 is 17.7 Å². The SMILES string of the molecule is CC1CSCCN1C(=O)c1cncc(C#CCN)c1. The van der Waals surface area contributed by atoms with Gasteiger partial charge in [-0.1, -0.05) is 11.8 Å². The number of carbonyl (C=O) groups excluding carboxylic acids is 1. The summed E-state index contributed by atoms with van der Waals surface area (Å²) in [5, 5.41) is 0. The molecular formula is C14H17N3OS. The molecule has 4 nitrogen and oxygen atoms in total. The Bertz CT molecular complexity index is 521. The van der Waals surface area contributed by atoms with Crippen LogP contribution in [-0.2, 0) is 0 Å². The van der Waals surface area contributed by atoms with Gasteiger partial charge in [-0.05, 0) is 13.0 Å². The lowest BCUT2D eigenvalue weighted by atomic mass is 10.1. The Morgan fingerprint density at radius 2 is 2.47 bits per heavy atom. The predicted molar refractivity (Wildman–Crippen MR) is 78.0 cm³/mol. The molecule has 0 radical (unpaired) electrons. The van der Waals surface area contributed by atoms with E-state index in [4.69, 9.17) is 5.73 Å². The third-order valence-corrected chi connectivity index (χ3v) is 4.14. The first kappa shape index (κ1) is 13.9. The fourth-order valence-electron chi connectivity index (χ4n) is 1.97. The molecule has 5 heteroatoms. The van der Waals surface area contributed by atoms with Gasteiger partial charge in [-0.25, -0.2) is 0 Å². The lowest BCUT2D eigenvalue weighted by Gasteiger charge is -2.33. The van der Waals surface area contributed by atoms with Gasteiger partial charge in [-0.2, -0.15) is 11.8 Å². The van der Waals surface area contributed by atoms with Gasteiger partial charge in [0.15, 0.2) is 0 Å². The zero-order chi connectivity index (χ0) is 13.7. The van der Waals surface area contributed by atoms with Gasteiger partial charge in [-0.3, -0.25) is 9.78 Å². The minimum absolute atomic E-state index is 0.0386. The van der Waals surface area contributed by atoms with E-state index in [-0.39, 0.29) is 11.9 Å². The molecule has 2 N–H and O–H groups in total. The highest BCUT2D eigenvalue weighted by Gasteiger charge is 2.24. The number of aromatic nitrogens is 1. The Kier molecular flexibility index (Phi) is 4.83. The van der Waals surface area contributed by atoms with Crippen LogP contribution in [0.25, 0.3) is 0 Å². The monoisotopic (exact) mass is 275 g/mol. The predicted octanol–water partition coefficient (Wildman–Crippen LogP) is 0.969. The molecule has 1 fully saturated rings. The average molecular weight is 275 g/mol. The number of pyridine rings is 1. The second-order valence-corrected chi connectivity index (χ2v) is 5.54. The molecule has 2 rings (SSSR count). The number of hydrogen-bond donors (Lipinski definition) is 1. The maximum atomic E-state index is 12.4. The van der Waals surface area contributed by atoms with E-state index in [1.54, 1.807) is 18.5 Å². The van der Waals surface area contributed by atoms with Crippen molar-refractivity contribution in [3.63, 3.8) is 0 Å². The van der Waals surface area contributed by atoms with Crippen LogP contribution in [0.5, 0.6) is 0 Å². The Morgan fingerprint density at radius 3 is 3.21 bits per heavy atom. The molecule has 1 saturated heterocycles. The van der Waals surface area contributed by atoms with Crippen LogP contribution < -0.4 is 5.73 Å². The summed E-state index contributed by atoms with van der Waals surface area (Å²) in [7, 11) is 0. The summed E-state index contributed by atoms with van der Waals surface area (Å²) in [6, 6.07) is 2.05. The minimum Gasteiger partial charge on any atom is -0.334 e. The van der Waals surface area contributed by atoms with Crippen LogP contribution in [0, 0.1) is 11.8 Å². The highest BCUT2D eigenvalue weighted by molar-refractivity contribution is 7.99. The molecular weight excluding hydrogens is 258 g/mol. The van der Waals surface area contributed by atoms with E-state index in [9.17, 15) is 4.79 Å². The molecule has 1 aromatic heterocycles. The normalized spacial score (nSPS) is 18.6. The summed E-state index contributed by atoms with van der Waals surface area (Å²) in [5.74, 6) is 7.70. The van der Waals surface area contributed by atoms with Crippen molar-refractivity contribution in [1.29, 1.82) is 0 Å². The maximum absolute atomic E-state index is 12.4. The van der Waals surface area contributed by atoms with Crippen molar-refractivity contribution in [1.82, 2.24) is 9.88 Å². The number of hydrogen-bond acceptors (Lipinski definition) is 4. The molecule has 0 bridgehead atoms. The van der Waals surface area contributed by atoms with Crippen molar-refractivity contribution in [3.8, 4) is 11.8 Å². The van der Waals surface area contributed by atoms with Crippen molar-refractivity contribution < 1.29 is 4.79 Å². The highest BCUT2D eigenvalue weighted by Crippen LogP contribution is 2.18. The summed E-state index contributed by atoms with van der Waals surface area (Å²) in [5.41, 5.74) is 6.67. The van der Waals surface area contributed by atoms with Crippen molar-refractivity contribution in [2.24, 2.45) is 5.73 Å². The summed E-state index contributed by atoms with van der Waals surface area (Å²) < 4.78 is 0. The van der Waals surface area contributed by atoms with Crippen LogP contribution in [0.1, 0.15) is 22.8 Å². The van der Waals surface area contributed by atoms with Gasteiger partial charge >= 0.3 is 0 Å². The van der Waals surface area contributed by atoms with Gasteiger partial charge in [0, 0.05) is 42.0 Å². The molecule has 1 atom stereocenters. The average Bonchev–Trinajstić information content (AvgIpc) is 2.45. The molecule has 1 amide bonds. The van der Waals surface area contributed by atoms with Gasteiger partial charge in [-0.15, -0.1) is 0 Å². The largest absolute Gasteiger partial charge is 0.334 e. The standard InChI is InChI=1S/C14H17N3OS/c1-11-10-19-6-5-17(11)14(18)13-7-12(3-2-4-15)8-16-9-13/h7-9,11H,4-6,10,15H2,1H3. The second kappa shape index (κ2) is 6.60. The number of thioether (sulfide) groups is 1. The van der Waals surface area contributed by atoms with Crippen LogP contribution in [0.4, 0.5) is 0 Å². The molecule has 1 aliphatic rings. The third kappa shape index (κ3) is 3.49. The van der Waals surface area contributed by atoms with Crippen LogP contribution >= 0.6 is 11.8 Å². The second-order valence-electron chi connectivity index (χ2n) is 4.39. The van der Waals surface area contributed by atoms with Crippen molar-refractivity contribution in [2.75, 3.05) is 24.6 Å². The molecule has 1 aromatic rings. The first-order valence-corrected chi connectivity index (χ1v) is 7.40. The fourth-order valence-corrected chi connectivity index (χ4v) is 2.99. The van der Waals surface area contributed by atoms with Gasteiger partial charge in [0.1, 0.15) is 0 Å². The Labute approximate surface area is 117 Å². The number of rotatable bonds is 1. The maximum Gasteiger partial charge on any atom is 0.255 e. The third-order valence-electron chi connectivity index (χ3n) is 2.95. The van der Waals surface area contributed by atoms with Gasteiger partial charge in [0.2, 0.25) is 0 Å². The summed E-state index contributed by atoms with van der Waals surface area (Å²) in [6.45, 7) is 3.18. The van der Waals surface area contributed by atoms with E-state index in [1.165, 1.54) is 0 Å². The quantitative estimate of drug-likeness (QED) is 0.776. The lowest BCUT2D eigenvalue weighted by molar-refractivity contribution is 0.0715. The van der Waals surface area contributed by atoms with E-state index >= 15 is 0 Å². The Morgan fingerprint density at radius 1 is 1.63 bits per heavy atom. The van der Waals surface area contributed by atoms with E-state index in [0.29, 0.717) is 12.1 Å². The van der Waals surface area contributed by atoms with Crippen molar-refractivity contribution in [3.05, 3.63) is 29.6 Å². The number of nitrogens with two attached hydrogens (primary N) is 1. The van der Waals surface area contributed by atoms with Crippen LogP contribution in [0.3, 0.4) is 0 Å². The van der Waals surface area contributed by atoms with Gasteiger partial charge < -0.3 is 10.6 Å². The zero-order valence-electron chi connectivity index (χ0n) is 10.9. The lowest BCUT2D eigenvalue weighted by Crippen LogP contribution is -2.44. The molecule has 19 heavy (non-hydrogen) atoms. The molecule has 0 aromatic carbocycles. The van der Waals surface area contributed by atoms with Crippen LogP contribution in [-0.4, -0.2) is 46.4 Å². The highest BCUT2D eigenvalue weighted by atomic mass is 32.2. The van der Waals surface area contributed by atoms with Gasteiger partial charge in [0.05, 0.1) is 12.1 Å². The van der Waals surface area contributed by atoms with E-state index in [2.05, 4.69) is 23.7 Å². The molecule has 0 spiro atoms. The van der Waals surface area contributed by atoms with Gasteiger partial charge in [0.25, 0.3) is 5.91 Å². The van der Waals surface area contributed by atoms with E-state index in [0.717, 1.165) is 23.6 Å².